The summed E-state index contributed by atoms with van der Waals surface area (Å²) in [4.78, 5) is 17.8. The summed E-state index contributed by atoms with van der Waals surface area (Å²) in [7, 11) is -3.17. The number of rotatable bonds is 4. The molecule has 136 valence electrons. The van der Waals surface area contributed by atoms with Gasteiger partial charge in [0.25, 0.3) is 0 Å². The van der Waals surface area contributed by atoms with Crippen LogP contribution in [0.5, 0.6) is 0 Å². The predicted octanol–water partition coefficient (Wildman–Crippen LogP) is 3.38. The topological polar surface area (TPSA) is 66.8 Å². The zero-order valence-corrected chi connectivity index (χ0v) is 16.8. The quantitative estimate of drug-likeness (QED) is 0.705. The van der Waals surface area contributed by atoms with E-state index in [1.165, 1.54) is 17.8 Å². The fourth-order valence-electron chi connectivity index (χ4n) is 3.01. The second-order valence-electron chi connectivity index (χ2n) is 6.16. The van der Waals surface area contributed by atoms with Gasteiger partial charge in [0.15, 0.2) is 15.0 Å². The highest BCUT2D eigenvalue weighted by Gasteiger charge is 2.49. The van der Waals surface area contributed by atoms with Crippen molar-refractivity contribution in [2.24, 2.45) is 4.99 Å². The first-order valence-corrected chi connectivity index (χ1v) is 11.5. The molecular weight excluding hydrogens is 431 g/mol. The second kappa shape index (κ2) is 7.36. The van der Waals surface area contributed by atoms with Crippen LogP contribution < -0.4 is 4.90 Å². The SMILES string of the molecule is CCCCC(=O)N=C1SC2CS(=O)(=O)CC2N1c1ccc(Br)cc1F. The zero-order chi connectivity index (χ0) is 18.2. The van der Waals surface area contributed by atoms with E-state index < -0.39 is 21.7 Å². The van der Waals surface area contributed by atoms with Crippen LogP contribution in [0.1, 0.15) is 26.2 Å². The molecule has 5 nitrogen and oxygen atoms in total. The highest BCUT2D eigenvalue weighted by Crippen LogP contribution is 2.42. The molecule has 9 heteroatoms. The van der Waals surface area contributed by atoms with Crippen LogP contribution in [0.25, 0.3) is 0 Å². The van der Waals surface area contributed by atoms with Gasteiger partial charge < -0.3 is 4.90 Å². The normalized spacial score (nSPS) is 26.2. The molecule has 2 aliphatic rings. The number of hydrogen-bond donors (Lipinski definition) is 0. The minimum absolute atomic E-state index is 0.0269. The van der Waals surface area contributed by atoms with E-state index in [0.717, 1.165) is 12.8 Å². The molecule has 0 aliphatic carbocycles. The molecule has 0 spiro atoms. The Bertz CT molecular complexity index is 829. The third-order valence-corrected chi connectivity index (χ3v) is 7.90. The van der Waals surface area contributed by atoms with E-state index in [0.29, 0.717) is 16.1 Å². The first kappa shape index (κ1) is 18.8. The lowest BCUT2D eigenvalue weighted by Gasteiger charge is -2.25. The number of amidine groups is 1. The molecule has 2 atom stereocenters. The summed E-state index contributed by atoms with van der Waals surface area (Å²) in [6, 6.07) is 4.20. The van der Waals surface area contributed by atoms with Gasteiger partial charge in [-0.1, -0.05) is 41.0 Å². The summed E-state index contributed by atoms with van der Waals surface area (Å²) < 4.78 is 39.1. The molecule has 0 N–H and O–H groups in total. The number of nitrogens with zero attached hydrogens (tertiary/aromatic N) is 2. The lowest BCUT2D eigenvalue weighted by molar-refractivity contribution is -0.117. The van der Waals surface area contributed by atoms with Crippen LogP contribution in [-0.2, 0) is 14.6 Å². The average molecular weight is 449 g/mol. The number of anilines is 1. The van der Waals surface area contributed by atoms with Gasteiger partial charge in [0, 0.05) is 16.1 Å². The Hall–Kier alpha value is -0.930. The van der Waals surface area contributed by atoms with Gasteiger partial charge in [0.1, 0.15) is 5.82 Å². The van der Waals surface area contributed by atoms with Crippen molar-refractivity contribution in [1.82, 2.24) is 0 Å². The van der Waals surface area contributed by atoms with Gasteiger partial charge >= 0.3 is 0 Å². The van der Waals surface area contributed by atoms with Crippen molar-refractivity contribution in [2.45, 2.75) is 37.5 Å². The first-order valence-electron chi connectivity index (χ1n) is 8.03. The van der Waals surface area contributed by atoms with E-state index in [9.17, 15) is 17.6 Å². The lowest BCUT2D eigenvalue weighted by Crippen LogP contribution is -2.38. The molecule has 25 heavy (non-hydrogen) atoms. The molecule has 2 unspecified atom stereocenters. The molecule has 1 aromatic rings. The van der Waals surface area contributed by atoms with E-state index >= 15 is 0 Å². The first-order chi connectivity index (χ1) is 11.8. The smallest absolute Gasteiger partial charge is 0.248 e. The molecule has 0 radical (unpaired) electrons. The summed E-state index contributed by atoms with van der Waals surface area (Å²) in [5.74, 6) is -0.759. The van der Waals surface area contributed by atoms with Crippen molar-refractivity contribution >= 4 is 54.3 Å². The van der Waals surface area contributed by atoms with Gasteiger partial charge in [-0.2, -0.15) is 4.99 Å². The second-order valence-corrected chi connectivity index (χ2v) is 10.4. The highest BCUT2D eigenvalue weighted by atomic mass is 79.9. The van der Waals surface area contributed by atoms with Crippen LogP contribution in [0.4, 0.5) is 10.1 Å². The third-order valence-electron chi connectivity index (χ3n) is 4.20. The van der Waals surface area contributed by atoms with Crippen molar-refractivity contribution in [1.29, 1.82) is 0 Å². The minimum Gasteiger partial charge on any atom is -0.313 e. The number of benzene rings is 1. The van der Waals surface area contributed by atoms with E-state index in [2.05, 4.69) is 20.9 Å². The Labute approximate surface area is 159 Å². The van der Waals surface area contributed by atoms with Crippen LogP contribution in [0.3, 0.4) is 0 Å². The Morgan fingerprint density at radius 3 is 2.88 bits per heavy atom. The molecule has 0 aromatic heterocycles. The summed E-state index contributed by atoms with van der Waals surface area (Å²) in [6.45, 7) is 1.99. The molecule has 0 saturated carbocycles. The molecule has 2 fully saturated rings. The van der Waals surface area contributed by atoms with Crippen LogP contribution in [-0.4, -0.2) is 42.3 Å². The van der Waals surface area contributed by atoms with E-state index in [4.69, 9.17) is 0 Å². The Kier molecular flexibility index (Phi) is 5.55. The molecule has 0 bridgehead atoms. The van der Waals surface area contributed by atoms with Crippen LogP contribution in [0.2, 0.25) is 0 Å². The zero-order valence-electron chi connectivity index (χ0n) is 13.6. The maximum atomic E-state index is 14.5. The molecule has 1 amide bonds. The number of unbranched alkanes of at least 4 members (excludes halogenated alkanes) is 1. The van der Waals surface area contributed by atoms with Crippen molar-refractivity contribution in [3.05, 3.63) is 28.5 Å². The van der Waals surface area contributed by atoms with E-state index in [1.807, 2.05) is 6.92 Å². The maximum absolute atomic E-state index is 14.5. The Balaban J connectivity index is 1.98. The maximum Gasteiger partial charge on any atom is 0.248 e. The predicted molar refractivity (Wildman–Crippen MR) is 102 cm³/mol. The van der Waals surface area contributed by atoms with Crippen LogP contribution >= 0.6 is 27.7 Å². The van der Waals surface area contributed by atoms with Crippen LogP contribution in [0, 0.1) is 5.82 Å². The van der Waals surface area contributed by atoms with Gasteiger partial charge in [-0.15, -0.1) is 0 Å². The molecule has 2 saturated heterocycles. The number of amides is 1. The number of thioether (sulfide) groups is 1. The van der Waals surface area contributed by atoms with Crippen molar-refractivity contribution < 1.29 is 17.6 Å². The fraction of sp³-hybridized carbons (Fsp3) is 0.500. The summed E-state index contributed by atoms with van der Waals surface area (Å²) in [5.41, 5.74) is 0.252. The van der Waals surface area contributed by atoms with Gasteiger partial charge in [-0.05, 0) is 24.6 Å². The largest absolute Gasteiger partial charge is 0.313 e. The summed E-state index contributed by atoms with van der Waals surface area (Å²) in [6.07, 6.45) is 1.97. The monoisotopic (exact) mass is 448 g/mol. The number of fused-ring (bicyclic) bond motifs is 1. The van der Waals surface area contributed by atoms with Crippen molar-refractivity contribution in [2.75, 3.05) is 16.4 Å². The number of carbonyl (C=O) groups is 1. The van der Waals surface area contributed by atoms with Crippen molar-refractivity contribution in [3.8, 4) is 0 Å². The number of halogens is 2. The third kappa shape index (κ3) is 4.09. The number of carbonyl (C=O) groups excluding carboxylic acids is 1. The Morgan fingerprint density at radius 1 is 1.44 bits per heavy atom. The summed E-state index contributed by atoms with van der Waals surface area (Å²) in [5, 5.41) is 0.165. The number of sulfone groups is 1. The molecular formula is C16H18BrFN2O3S2. The Morgan fingerprint density at radius 2 is 2.20 bits per heavy atom. The highest BCUT2D eigenvalue weighted by molar-refractivity contribution is 9.10. The van der Waals surface area contributed by atoms with Gasteiger partial charge in [-0.25, -0.2) is 12.8 Å². The molecule has 1 aromatic carbocycles. The lowest BCUT2D eigenvalue weighted by atomic mass is 10.2. The minimum atomic E-state index is -3.17. The fourth-order valence-corrected chi connectivity index (χ4v) is 7.27. The van der Waals surface area contributed by atoms with Crippen LogP contribution in [0.15, 0.2) is 27.7 Å². The van der Waals surface area contributed by atoms with Gasteiger partial charge in [-0.3, -0.25) is 4.79 Å². The molecule has 2 heterocycles. The average Bonchev–Trinajstić information content (AvgIpc) is 2.97. The molecule has 2 aliphatic heterocycles. The van der Waals surface area contributed by atoms with Crippen molar-refractivity contribution in [3.63, 3.8) is 0 Å². The standard InChI is InChI=1S/C16H18BrFN2O3S2/c1-2-3-4-15(21)19-16-20(12-6-5-10(17)7-11(12)18)13-8-25(22,23)9-14(13)24-16/h5-7,13-14H,2-4,8-9H2,1H3. The summed E-state index contributed by atoms with van der Waals surface area (Å²) >= 11 is 4.48. The molecule has 3 rings (SSSR count). The van der Waals surface area contributed by atoms with Gasteiger partial charge in [0.05, 0.1) is 23.2 Å². The van der Waals surface area contributed by atoms with E-state index in [-0.39, 0.29) is 28.4 Å². The van der Waals surface area contributed by atoms with Gasteiger partial charge in [0.2, 0.25) is 5.91 Å². The van der Waals surface area contributed by atoms with E-state index in [1.54, 1.807) is 17.0 Å². The number of hydrogen-bond acceptors (Lipinski definition) is 4. The number of aliphatic imine (C=N–C) groups is 1.